The second kappa shape index (κ2) is 8.41. The molecule has 1 saturated heterocycles. The summed E-state index contributed by atoms with van der Waals surface area (Å²) in [6.45, 7) is 4.87. The second-order valence-corrected chi connectivity index (χ2v) is 6.67. The van der Waals surface area contributed by atoms with Gasteiger partial charge in [-0.05, 0) is 37.9 Å². The van der Waals surface area contributed by atoms with Gasteiger partial charge >= 0.3 is 0 Å². The van der Waals surface area contributed by atoms with Crippen LogP contribution in [0.4, 0.5) is 0 Å². The standard InChI is InChI=1S/C14H27NO2S/c1-2-18-13-7-5-6-12(13)15-9-11-17-14-8-3-4-10-16-14/h12-15H,2-11H2,1H3/t12-,13+,14-/m0/s1. The van der Waals surface area contributed by atoms with Crippen LogP contribution in [0.5, 0.6) is 0 Å². The van der Waals surface area contributed by atoms with Crippen LogP contribution in [-0.2, 0) is 9.47 Å². The van der Waals surface area contributed by atoms with Crippen LogP contribution in [0.1, 0.15) is 45.4 Å². The van der Waals surface area contributed by atoms with E-state index in [0.29, 0.717) is 6.04 Å². The number of thioether (sulfide) groups is 1. The van der Waals surface area contributed by atoms with E-state index in [1.54, 1.807) is 0 Å². The molecule has 3 atom stereocenters. The molecule has 0 amide bonds. The summed E-state index contributed by atoms with van der Waals surface area (Å²) in [7, 11) is 0. The van der Waals surface area contributed by atoms with Gasteiger partial charge in [-0.25, -0.2) is 0 Å². The summed E-state index contributed by atoms with van der Waals surface area (Å²) in [5.41, 5.74) is 0. The van der Waals surface area contributed by atoms with Gasteiger partial charge in [-0.15, -0.1) is 0 Å². The highest BCUT2D eigenvalue weighted by atomic mass is 32.2. The molecule has 1 N–H and O–H groups in total. The molecule has 0 bridgehead atoms. The van der Waals surface area contributed by atoms with Crippen molar-refractivity contribution in [3.63, 3.8) is 0 Å². The first-order valence-electron chi connectivity index (χ1n) is 7.48. The van der Waals surface area contributed by atoms with Gasteiger partial charge in [0.05, 0.1) is 6.61 Å². The third-order valence-electron chi connectivity index (χ3n) is 3.78. The normalized spacial score (nSPS) is 32.8. The van der Waals surface area contributed by atoms with E-state index < -0.39 is 0 Å². The van der Waals surface area contributed by atoms with Crippen LogP contribution in [0.2, 0.25) is 0 Å². The summed E-state index contributed by atoms with van der Waals surface area (Å²) < 4.78 is 11.3. The van der Waals surface area contributed by atoms with E-state index in [4.69, 9.17) is 9.47 Å². The molecule has 1 aliphatic carbocycles. The molecule has 1 heterocycles. The Morgan fingerprint density at radius 3 is 2.94 bits per heavy atom. The molecular weight excluding hydrogens is 246 g/mol. The molecule has 2 rings (SSSR count). The third-order valence-corrected chi connectivity index (χ3v) is 5.11. The SMILES string of the molecule is CCS[C@@H]1CCC[C@@H]1NCCO[C@H]1CCCCO1. The molecule has 1 saturated carbocycles. The highest BCUT2D eigenvalue weighted by Crippen LogP contribution is 2.29. The van der Waals surface area contributed by atoms with E-state index in [1.807, 2.05) is 0 Å². The van der Waals surface area contributed by atoms with E-state index in [9.17, 15) is 0 Å². The van der Waals surface area contributed by atoms with Crippen LogP contribution in [0.25, 0.3) is 0 Å². The van der Waals surface area contributed by atoms with Crippen molar-refractivity contribution in [2.45, 2.75) is 63.0 Å². The van der Waals surface area contributed by atoms with Gasteiger partial charge < -0.3 is 14.8 Å². The minimum atomic E-state index is 0.0601. The van der Waals surface area contributed by atoms with Crippen molar-refractivity contribution in [1.82, 2.24) is 5.32 Å². The Labute approximate surface area is 115 Å². The summed E-state index contributed by atoms with van der Waals surface area (Å²) in [5, 5.41) is 4.47. The van der Waals surface area contributed by atoms with Gasteiger partial charge in [0.25, 0.3) is 0 Å². The van der Waals surface area contributed by atoms with Crippen molar-refractivity contribution in [1.29, 1.82) is 0 Å². The first-order valence-corrected chi connectivity index (χ1v) is 8.53. The third kappa shape index (κ3) is 4.72. The van der Waals surface area contributed by atoms with Gasteiger partial charge in [0, 0.05) is 24.4 Å². The lowest BCUT2D eigenvalue weighted by atomic mass is 10.2. The fraction of sp³-hybridized carbons (Fsp3) is 1.00. The molecule has 2 aliphatic rings. The van der Waals surface area contributed by atoms with Crippen LogP contribution in [0.15, 0.2) is 0 Å². The van der Waals surface area contributed by atoms with Gasteiger partial charge in [-0.2, -0.15) is 11.8 Å². The quantitative estimate of drug-likeness (QED) is 0.723. The van der Waals surface area contributed by atoms with Crippen molar-refractivity contribution in [3.8, 4) is 0 Å². The van der Waals surface area contributed by atoms with E-state index in [1.165, 1.54) is 37.9 Å². The van der Waals surface area contributed by atoms with Crippen molar-refractivity contribution in [2.24, 2.45) is 0 Å². The number of hydrogen-bond donors (Lipinski definition) is 1. The molecule has 4 heteroatoms. The summed E-state index contributed by atoms with van der Waals surface area (Å²) in [6.07, 6.45) is 7.65. The monoisotopic (exact) mass is 273 g/mol. The molecule has 0 aromatic rings. The summed E-state index contributed by atoms with van der Waals surface area (Å²) in [4.78, 5) is 0. The molecular formula is C14H27NO2S. The fourth-order valence-electron chi connectivity index (χ4n) is 2.85. The molecule has 0 aromatic carbocycles. The average molecular weight is 273 g/mol. The fourth-order valence-corrected chi connectivity index (χ4v) is 4.08. The lowest BCUT2D eigenvalue weighted by molar-refractivity contribution is -0.161. The topological polar surface area (TPSA) is 30.5 Å². The van der Waals surface area contributed by atoms with Gasteiger partial charge in [-0.1, -0.05) is 13.3 Å². The summed E-state index contributed by atoms with van der Waals surface area (Å²) in [5.74, 6) is 1.23. The molecule has 3 nitrogen and oxygen atoms in total. The van der Waals surface area contributed by atoms with Crippen LogP contribution in [0.3, 0.4) is 0 Å². The maximum atomic E-state index is 5.75. The Morgan fingerprint density at radius 2 is 2.17 bits per heavy atom. The Hall–Kier alpha value is 0.230. The zero-order valence-corrected chi connectivity index (χ0v) is 12.3. The van der Waals surface area contributed by atoms with Gasteiger partial charge in [0.1, 0.15) is 0 Å². The van der Waals surface area contributed by atoms with Crippen LogP contribution in [-0.4, -0.2) is 43.1 Å². The highest BCUT2D eigenvalue weighted by Gasteiger charge is 2.26. The Kier molecular flexibility index (Phi) is 6.84. The predicted octanol–water partition coefficient (Wildman–Crippen LogP) is 2.79. The van der Waals surface area contributed by atoms with Crippen molar-refractivity contribution < 1.29 is 9.47 Å². The van der Waals surface area contributed by atoms with E-state index in [0.717, 1.165) is 31.4 Å². The number of hydrogen-bond acceptors (Lipinski definition) is 4. The molecule has 106 valence electrons. The second-order valence-electron chi connectivity index (χ2n) is 5.15. The van der Waals surface area contributed by atoms with Crippen molar-refractivity contribution in [2.75, 3.05) is 25.5 Å². The van der Waals surface area contributed by atoms with Gasteiger partial charge in [0.2, 0.25) is 0 Å². The Morgan fingerprint density at radius 1 is 1.22 bits per heavy atom. The lowest BCUT2D eigenvalue weighted by Crippen LogP contribution is -2.37. The number of rotatable bonds is 7. The smallest absolute Gasteiger partial charge is 0.157 e. The van der Waals surface area contributed by atoms with E-state index >= 15 is 0 Å². The van der Waals surface area contributed by atoms with E-state index in [2.05, 4.69) is 24.0 Å². The van der Waals surface area contributed by atoms with Crippen LogP contribution >= 0.6 is 11.8 Å². The Balaban J connectivity index is 1.54. The molecule has 0 spiro atoms. The number of nitrogens with one attached hydrogen (secondary N) is 1. The summed E-state index contributed by atoms with van der Waals surface area (Å²) >= 11 is 2.11. The van der Waals surface area contributed by atoms with Gasteiger partial charge in [-0.3, -0.25) is 0 Å². The van der Waals surface area contributed by atoms with Crippen LogP contribution < -0.4 is 5.32 Å². The predicted molar refractivity (Wildman–Crippen MR) is 77.1 cm³/mol. The van der Waals surface area contributed by atoms with Gasteiger partial charge in [0.15, 0.2) is 6.29 Å². The highest BCUT2D eigenvalue weighted by molar-refractivity contribution is 7.99. The number of ether oxygens (including phenoxy) is 2. The molecule has 0 unspecified atom stereocenters. The molecule has 2 fully saturated rings. The zero-order chi connectivity index (χ0) is 12.6. The summed E-state index contributed by atoms with van der Waals surface area (Å²) in [6, 6.07) is 0.700. The maximum Gasteiger partial charge on any atom is 0.157 e. The minimum absolute atomic E-state index is 0.0601. The largest absolute Gasteiger partial charge is 0.353 e. The van der Waals surface area contributed by atoms with Crippen molar-refractivity contribution >= 4 is 11.8 Å². The van der Waals surface area contributed by atoms with Crippen LogP contribution in [0, 0.1) is 0 Å². The molecule has 1 aliphatic heterocycles. The minimum Gasteiger partial charge on any atom is -0.353 e. The zero-order valence-electron chi connectivity index (χ0n) is 11.5. The van der Waals surface area contributed by atoms with Crippen molar-refractivity contribution in [3.05, 3.63) is 0 Å². The molecule has 0 aromatic heterocycles. The molecule has 0 radical (unpaired) electrons. The first-order chi connectivity index (χ1) is 8.90. The maximum absolute atomic E-state index is 5.75. The first kappa shape index (κ1) is 14.6. The molecule has 18 heavy (non-hydrogen) atoms. The van der Waals surface area contributed by atoms with E-state index in [-0.39, 0.29) is 6.29 Å². The average Bonchev–Trinajstić information content (AvgIpc) is 2.84. The lowest BCUT2D eigenvalue weighted by Gasteiger charge is -2.24. The Bertz CT molecular complexity index is 222.